The Morgan fingerprint density at radius 2 is 1.57 bits per heavy atom. The van der Waals surface area contributed by atoms with E-state index in [1.54, 1.807) is 0 Å². The van der Waals surface area contributed by atoms with Crippen LogP contribution < -0.4 is 5.73 Å². The largest absolute Gasteiger partial charge is 0.320 e. The molecular weight excluding hydrogens is 278 g/mol. The van der Waals surface area contributed by atoms with Crippen molar-refractivity contribution >= 4 is 22.4 Å². The highest BCUT2D eigenvalue weighted by Crippen LogP contribution is 2.37. The first-order valence-corrected chi connectivity index (χ1v) is 7.67. The van der Waals surface area contributed by atoms with Gasteiger partial charge in [0.25, 0.3) is 0 Å². The molecule has 0 saturated carbocycles. The molecule has 0 aliphatic heterocycles. The highest BCUT2D eigenvalue weighted by Gasteiger charge is 2.20. The van der Waals surface area contributed by atoms with E-state index in [-0.39, 0.29) is 6.04 Å². The average molecular weight is 294 g/mol. The fourth-order valence-electron chi connectivity index (χ4n) is 3.44. The third-order valence-electron chi connectivity index (χ3n) is 4.49. The molecule has 21 heavy (non-hydrogen) atoms. The van der Waals surface area contributed by atoms with Crippen LogP contribution in [0, 0.1) is 0 Å². The molecular formula is C19H16ClN. The van der Waals surface area contributed by atoms with Gasteiger partial charge in [-0.05, 0) is 51.9 Å². The lowest BCUT2D eigenvalue weighted by Crippen LogP contribution is -2.13. The van der Waals surface area contributed by atoms with Crippen molar-refractivity contribution < 1.29 is 0 Å². The maximum Gasteiger partial charge on any atom is 0.0572 e. The molecule has 1 unspecified atom stereocenters. The molecule has 2 heteroatoms. The molecule has 1 aliphatic rings. The molecule has 0 aromatic heterocycles. The molecule has 0 heterocycles. The van der Waals surface area contributed by atoms with Crippen molar-refractivity contribution in [1.29, 1.82) is 0 Å². The Balaban J connectivity index is 1.94. The molecule has 0 saturated heterocycles. The maximum absolute atomic E-state index is 6.52. The van der Waals surface area contributed by atoms with E-state index < -0.39 is 0 Å². The number of aryl methyl sites for hydroxylation is 2. The first kappa shape index (κ1) is 12.9. The van der Waals surface area contributed by atoms with Gasteiger partial charge in [0.1, 0.15) is 0 Å². The standard InChI is InChI=1S/C19H16ClN/c20-17-7-2-1-5-16(17)19(21)15-11-10-13-9-8-12-4-3-6-14(15)18(12)13/h1-7,10-11,19H,8-9,21H2. The molecule has 1 atom stereocenters. The Hall–Kier alpha value is -1.83. The predicted octanol–water partition coefficient (Wildman–Crippen LogP) is 4.64. The van der Waals surface area contributed by atoms with Crippen LogP contribution in [-0.2, 0) is 12.8 Å². The summed E-state index contributed by atoms with van der Waals surface area (Å²) in [7, 11) is 0. The SMILES string of the molecule is NC(c1ccccc1Cl)c1ccc2c3c(cccc13)CC2. The van der Waals surface area contributed by atoms with Crippen molar-refractivity contribution in [3.8, 4) is 0 Å². The Kier molecular flexibility index (Phi) is 2.99. The second-order valence-electron chi connectivity index (χ2n) is 5.65. The normalized spacial score (nSPS) is 14.6. The summed E-state index contributed by atoms with van der Waals surface area (Å²) in [5.41, 5.74) is 11.5. The van der Waals surface area contributed by atoms with Gasteiger partial charge in [-0.25, -0.2) is 0 Å². The number of hydrogen-bond acceptors (Lipinski definition) is 1. The summed E-state index contributed by atoms with van der Waals surface area (Å²) < 4.78 is 0. The third kappa shape index (κ3) is 1.97. The number of benzene rings is 3. The molecule has 0 amide bonds. The molecule has 104 valence electrons. The summed E-state index contributed by atoms with van der Waals surface area (Å²) in [5, 5.41) is 3.40. The van der Waals surface area contributed by atoms with Crippen LogP contribution in [0.1, 0.15) is 28.3 Å². The summed E-state index contributed by atoms with van der Waals surface area (Å²) in [6.07, 6.45) is 2.27. The summed E-state index contributed by atoms with van der Waals surface area (Å²) in [5.74, 6) is 0. The summed E-state index contributed by atoms with van der Waals surface area (Å²) in [6.45, 7) is 0. The first-order valence-electron chi connectivity index (χ1n) is 7.29. The zero-order valence-electron chi connectivity index (χ0n) is 11.6. The van der Waals surface area contributed by atoms with Gasteiger partial charge in [-0.1, -0.05) is 60.1 Å². The lowest BCUT2D eigenvalue weighted by Gasteiger charge is -2.17. The van der Waals surface area contributed by atoms with Gasteiger partial charge in [0.2, 0.25) is 0 Å². The zero-order chi connectivity index (χ0) is 14.4. The molecule has 3 aromatic rings. The lowest BCUT2D eigenvalue weighted by molar-refractivity contribution is 0.880. The fraction of sp³-hybridized carbons (Fsp3) is 0.158. The van der Waals surface area contributed by atoms with Crippen molar-refractivity contribution in [2.75, 3.05) is 0 Å². The fourth-order valence-corrected chi connectivity index (χ4v) is 3.69. The third-order valence-corrected chi connectivity index (χ3v) is 4.83. The van der Waals surface area contributed by atoms with Crippen LogP contribution in [0.4, 0.5) is 0 Å². The number of nitrogens with two attached hydrogens (primary N) is 1. The minimum atomic E-state index is -0.191. The van der Waals surface area contributed by atoms with E-state index in [9.17, 15) is 0 Å². The predicted molar refractivity (Wildman–Crippen MR) is 88.8 cm³/mol. The second kappa shape index (κ2) is 4.87. The summed E-state index contributed by atoms with van der Waals surface area (Å²) in [4.78, 5) is 0. The van der Waals surface area contributed by atoms with E-state index >= 15 is 0 Å². The van der Waals surface area contributed by atoms with Crippen molar-refractivity contribution in [2.45, 2.75) is 18.9 Å². The van der Waals surface area contributed by atoms with Crippen LogP contribution >= 0.6 is 11.6 Å². The average Bonchev–Trinajstić information content (AvgIpc) is 2.93. The van der Waals surface area contributed by atoms with Gasteiger partial charge in [-0.3, -0.25) is 0 Å². The second-order valence-corrected chi connectivity index (χ2v) is 6.06. The van der Waals surface area contributed by atoms with Crippen LogP contribution in [0.2, 0.25) is 5.02 Å². The number of halogens is 1. The topological polar surface area (TPSA) is 26.0 Å². The number of hydrogen-bond donors (Lipinski definition) is 1. The van der Waals surface area contributed by atoms with Crippen LogP contribution in [0.25, 0.3) is 10.8 Å². The van der Waals surface area contributed by atoms with Crippen LogP contribution in [0.15, 0.2) is 54.6 Å². The minimum Gasteiger partial charge on any atom is -0.320 e. The van der Waals surface area contributed by atoms with Gasteiger partial charge < -0.3 is 5.73 Å². The molecule has 0 fully saturated rings. The summed E-state index contributed by atoms with van der Waals surface area (Å²) >= 11 is 6.32. The van der Waals surface area contributed by atoms with Gasteiger partial charge in [0, 0.05) is 5.02 Å². The highest BCUT2D eigenvalue weighted by molar-refractivity contribution is 6.31. The Bertz CT molecular complexity index is 828. The molecule has 1 nitrogen and oxygen atoms in total. The van der Waals surface area contributed by atoms with Crippen molar-refractivity contribution in [3.05, 3.63) is 81.9 Å². The molecule has 0 spiro atoms. The zero-order valence-corrected chi connectivity index (χ0v) is 12.4. The van der Waals surface area contributed by atoms with Crippen LogP contribution in [0.3, 0.4) is 0 Å². The molecule has 0 bridgehead atoms. The van der Waals surface area contributed by atoms with Crippen molar-refractivity contribution in [3.63, 3.8) is 0 Å². The Morgan fingerprint density at radius 1 is 0.810 bits per heavy atom. The molecule has 1 aliphatic carbocycles. The smallest absolute Gasteiger partial charge is 0.0572 e. The monoisotopic (exact) mass is 293 g/mol. The Morgan fingerprint density at radius 3 is 2.38 bits per heavy atom. The lowest BCUT2D eigenvalue weighted by atomic mass is 9.92. The van der Waals surface area contributed by atoms with Gasteiger partial charge in [0.05, 0.1) is 6.04 Å². The van der Waals surface area contributed by atoms with Crippen LogP contribution in [-0.4, -0.2) is 0 Å². The Labute approximate surface area is 129 Å². The highest BCUT2D eigenvalue weighted by atomic mass is 35.5. The van der Waals surface area contributed by atoms with Crippen molar-refractivity contribution in [2.24, 2.45) is 5.73 Å². The van der Waals surface area contributed by atoms with E-state index in [1.165, 1.54) is 21.9 Å². The van der Waals surface area contributed by atoms with Crippen molar-refractivity contribution in [1.82, 2.24) is 0 Å². The van der Waals surface area contributed by atoms with E-state index in [1.807, 2.05) is 24.3 Å². The van der Waals surface area contributed by atoms with E-state index in [0.717, 1.165) is 29.0 Å². The van der Waals surface area contributed by atoms with Gasteiger partial charge in [-0.2, -0.15) is 0 Å². The number of rotatable bonds is 2. The van der Waals surface area contributed by atoms with E-state index in [2.05, 4.69) is 30.3 Å². The van der Waals surface area contributed by atoms with E-state index in [4.69, 9.17) is 17.3 Å². The molecule has 0 radical (unpaired) electrons. The van der Waals surface area contributed by atoms with Gasteiger partial charge in [-0.15, -0.1) is 0 Å². The quantitative estimate of drug-likeness (QED) is 0.732. The maximum atomic E-state index is 6.52. The summed E-state index contributed by atoms with van der Waals surface area (Å²) in [6, 6.07) is 18.6. The van der Waals surface area contributed by atoms with Gasteiger partial charge in [0.15, 0.2) is 0 Å². The minimum absolute atomic E-state index is 0.191. The molecule has 4 rings (SSSR count). The first-order chi connectivity index (χ1) is 10.3. The molecule has 2 N–H and O–H groups in total. The van der Waals surface area contributed by atoms with E-state index in [0.29, 0.717) is 0 Å². The van der Waals surface area contributed by atoms with Crippen LogP contribution in [0.5, 0.6) is 0 Å². The van der Waals surface area contributed by atoms with Gasteiger partial charge >= 0.3 is 0 Å². The molecule has 3 aromatic carbocycles.